The van der Waals surface area contributed by atoms with Crippen molar-refractivity contribution >= 4 is 0 Å². The molecule has 1 aromatic carbocycles. The predicted molar refractivity (Wildman–Crippen MR) is 77.5 cm³/mol. The van der Waals surface area contributed by atoms with Crippen LogP contribution < -0.4 is 9.47 Å². The normalized spacial score (nSPS) is 22.1. The molecular weight excluding hydrogens is 254 g/mol. The Morgan fingerprint density at radius 1 is 1.25 bits per heavy atom. The fourth-order valence-electron chi connectivity index (χ4n) is 3.06. The Hall–Kier alpha value is -1.26. The maximum Gasteiger partial charge on any atom is 0.161 e. The number of fused-ring (bicyclic) bond motifs is 1. The summed E-state index contributed by atoms with van der Waals surface area (Å²) in [5, 5.41) is 0. The number of benzene rings is 1. The molecule has 20 heavy (non-hydrogen) atoms. The fraction of sp³-hybridized carbons (Fsp3) is 0.625. The van der Waals surface area contributed by atoms with Crippen LogP contribution in [-0.4, -0.2) is 44.4 Å². The summed E-state index contributed by atoms with van der Waals surface area (Å²) in [7, 11) is 0. The second-order valence-corrected chi connectivity index (χ2v) is 5.29. The molecule has 0 spiro atoms. The molecule has 0 bridgehead atoms. The van der Waals surface area contributed by atoms with Crippen molar-refractivity contribution in [2.24, 2.45) is 0 Å². The van der Waals surface area contributed by atoms with E-state index < -0.39 is 0 Å². The Kier molecular flexibility index (Phi) is 4.43. The maximum atomic E-state index is 5.69. The van der Waals surface area contributed by atoms with E-state index in [0.717, 1.165) is 37.8 Å². The van der Waals surface area contributed by atoms with Gasteiger partial charge in [0.05, 0.1) is 6.61 Å². The van der Waals surface area contributed by atoms with Gasteiger partial charge in [-0.25, -0.2) is 0 Å². The first-order chi connectivity index (χ1) is 9.88. The molecule has 110 valence electrons. The van der Waals surface area contributed by atoms with Gasteiger partial charge in [0.2, 0.25) is 0 Å². The van der Waals surface area contributed by atoms with Crippen molar-refractivity contribution in [3.05, 3.63) is 23.8 Å². The molecule has 0 aromatic heterocycles. The molecule has 1 aromatic rings. The minimum Gasteiger partial charge on any atom is -0.486 e. The highest BCUT2D eigenvalue weighted by molar-refractivity contribution is 5.44. The molecule has 2 heterocycles. The third kappa shape index (κ3) is 2.91. The van der Waals surface area contributed by atoms with Crippen molar-refractivity contribution < 1.29 is 14.2 Å². The highest BCUT2D eigenvalue weighted by Crippen LogP contribution is 2.37. The molecule has 1 saturated heterocycles. The van der Waals surface area contributed by atoms with Crippen molar-refractivity contribution in [1.29, 1.82) is 0 Å². The second-order valence-electron chi connectivity index (χ2n) is 5.29. The number of nitrogens with zero attached hydrogens (tertiary/aromatic N) is 1. The van der Waals surface area contributed by atoms with Gasteiger partial charge in [-0.2, -0.15) is 0 Å². The van der Waals surface area contributed by atoms with Crippen LogP contribution in [0.2, 0.25) is 0 Å². The first-order valence-corrected chi connectivity index (χ1v) is 7.60. The number of ether oxygens (including phenoxy) is 3. The van der Waals surface area contributed by atoms with Gasteiger partial charge in [0.1, 0.15) is 13.2 Å². The first kappa shape index (κ1) is 13.7. The summed E-state index contributed by atoms with van der Waals surface area (Å²) >= 11 is 0. The van der Waals surface area contributed by atoms with E-state index in [1.165, 1.54) is 18.4 Å². The topological polar surface area (TPSA) is 30.9 Å². The number of hydrogen-bond acceptors (Lipinski definition) is 4. The summed E-state index contributed by atoms with van der Waals surface area (Å²) in [6.45, 7) is 7.12. The minimum atomic E-state index is 0.492. The highest BCUT2D eigenvalue weighted by Gasteiger charge is 2.26. The molecule has 0 aliphatic carbocycles. The van der Waals surface area contributed by atoms with Gasteiger partial charge in [0, 0.05) is 19.2 Å². The van der Waals surface area contributed by atoms with Gasteiger partial charge in [-0.05, 0) is 44.0 Å². The maximum absolute atomic E-state index is 5.69. The van der Waals surface area contributed by atoms with Crippen molar-refractivity contribution in [3.8, 4) is 11.5 Å². The van der Waals surface area contributed by atoms with Crippen LogP contribution in [-0.2, 0) is 4.74 Å². The lowest BCUT2D eigenvalue weighted by Gasteiger charge is -2.26. The van der Waals surface area contributed by atoms with Gasteiger partial charge >= 0.3 is 0 Å². The Bertz CT molecular complexity index is 449. The summed E-state index contributed by atoms with van der Waals surface area (Å²) in [4.78, 5) is 2.51. The van der Waals surface area contributed by atoms with E-state index in [1.54, 1.807) is 0 Å². The van der Waals surface area contributed by atoms with Gasteiger partial charge in [-0.3, -0.25) is 4.90 Å². The van der Waals surface area contributed by atoms with Crippen molar-refractivity contribution in [1.82, 2.24) is 4.90 Å². The summed E-state index contributed by atoms with van der Waals surface area (Å²) in [5.74, 6) is 1.77. The molecule has 0 amide bonds. The highest BCUT2D eigenvalue weighted by atomic mass is 16.6. The van der Waals surface area contributed by atoms with E-state index in [9.17, 15) is 0 Å². The third-order valence-electron chi connectivity index (χ3n) is 4.04. The van der Waals surface area contributed by atoms with Crippen LogP contribution in [0.5, 0.6) is 11.5 Å². The average Bonchev–Trinajstić information content (AvgIpc) is 2.95. The number of hydrogen-bond donors (Lipinski definition) is 0. The zero-order valence-electron chi connectivity index (χ0n) is 12.1. The van der Waals surface area contributed by atoms with E-state index in [4.69, 9.17) is 14.2 Å². The van der Waals surface area contributed by atoms with Gasteiger partial charge in [0.15, 0.2) is 11.5 Å². The molecule has 4 nitrogen and oxygen atoms in total. The van der Waals surface area contributed by atoms with E-state index >= 15 is 0 Å². The summed E-state index contributed by atoms with van der Waals surface area (Å²) in [5.41, 5.74) is 1.34. The lowest BCUT2D eigenvalue weighted by molar-refractivity contribution is 0.108. The number of likely N-dealkylation sites (tertiary alicyclic amines) is 1. The molecule has 0 saturated carbocycles. The van der Waals surface area contributed by atoms with Gasteiger partial charge in [-0.1, -0.05) is 6.07 Å². The third-order valence-corrected chi connectivity index (χ3v) is 4.04. The van der Waals surface area contributed by atoms with Crippen LogP contribution >= 0.6 is 0 Å². The molecule has 0 N–H and O–H groups in total. The molecule has 0 radical (unpaired) electrons. The van der Waals surface area contributed by atoms with Crippen LogP contribution in [0.3, 0.4) is 0 Å². The molecule has 2 aliphatic heterocycles. The Balaban J connectivity index is 1.70. The quantitative estimate of drug-likeness (QED) is 0.774. The van der Waals surface area contributed by atoms with Gasteiger partial charge in [0.25, 0.3) is 0 Å². The zero-order valence-corrected chi connectivity index (χ0v) is 12.1. The smallest absolute Gasteiger partial charge is 0.161 e. The molecule has 3 rings (SSSR count). The van der Waals surface area contributed by atoms with Crippen LogP contribution in [0.25, 0.3) is 0 Å². The van der Waals surface area contributed by atoms with E-state index in [0.29, 0.717) is 19.3 Å². The van der Waals surface area contributed by atoms with Crippen molar-refractivity contribution in [2.75, 3.05) is 39.5 Å². The monoisotopic (exact) mass is 277 g/mol. The molecule has 1 atom stereocenters. The lowest BCUT2D eigenvalue weighted by atomic mass is 10.0. The molecule has 4 heteroatoms. The summed E-state index contributed by atoms with van der Waals surface area (Å²) in [6, 6.07) is 6.87. The molecule has 1 fully saturated rings. The molecule has 1 unspecified atom stereocenters. The van der Waals surface area contributed by atoms with Crippen LogP contribution in [0.1, 0.15) is 31.4 Å². The summed E-state index contributed by atoms with van der Waals surface area (Å²) < 4.78 is 16.8. The Morgan fingerprint density at radius 3 is 2.95 bits per heavy atom. The van der Waals surface area contributed by atoms with E-state index in [2.05, 4.69) is 17.0 Å². The lowest BCUT2D eigenvalue weighted by Crippen LogP contribution is -2.27. The van der Waals surface area contributed by atoms with E-state index in [1.807, 2.05) is 13.0 Å². The van der Waals surface area contributed by atoms with Crippen LogP contribution in [0.4, 0.5) is 0 Å². The Labute approximate surface area is 120 Å². The minimum absolute atomic E-state index is 0.492. The molecular formula is C16H23NO3. The van der Waals surface area contributed by atoms with Gasteiger partial charge in [-0.15, -0.1) is 0 Å². The largest absolute Gasteiger partial charge is 0.486 e. The van der Waals surface area contributed by atoms with Crippen LogP contribution in [0, 0.1) is 0 Å². The first-order valence-electron chi connectivity index (χ1n) is 7.60. The molecule has 2 aliphatic rings. The Morgan fingerprint density at radius 2 is 2.10 bits per heavy atom. The van der Waals surface area contributed by atoms with Gasteiger partial charge < -0.3 is 14.2 Å². The average molecular weight is 277 g/mol. The number of rotatable bonds is 5. The standard InChI is InChI=1S/C16H23NO3/c1-2-18-9-8-17-7-3-4-14(17)13-5-6-15-16(12-13)20-11-10-19-15/h5-6,12,14H,2-4,7-11H2,1H3. The van der Waals surface area contributed by atoms with Crippen molar-refractivity contribution in [3.63, 3.8) is 0 Å². The van der Waals surface area contributed by atoms with E-state index in [-0.39, 0.29) is 0 Å². The summed E-state index contributed by atoms with van der Waals surface area (Å²) in [6.07, 6.45) is 2.47. The second kappa shape index (κ2) is 6.46. The predicted octanol–water partition coefficient (Wildman–Crippen LogP) is 2.63. The SMILES string of the molecule is CCOCCN1CCCC1c1ccc2c(c1)OCCO2. The van der Waals surface area contributed by atoms with Crippen molar-refractivity contribution in [2.45, 2.75) is 25.8 Å². The fourth-order valence-corrected chi connectivity index (χ4v) is 3.06. The van der Waals surface area contributed by atoms with Crippen LogP contribution in [0.15, 0.2) is 18.2 Å². The zero-order chi connectivity index (χ0) is 13.8.